The van der Waals surface area contributed by atoms with Crippen LogP contribution in [0.3, 0.4) is 0 Å². The van der Waals surface area contributed by atoms with E-state index < -0.39 is 0 Å². The Morgan fingerprint density at radius 2 is 2.05 bits per heavy atom. The fourth-order valence-corrected chi connectivity index (χ4v) is 2.60. The first-order chi connectivity index (χ1) is 10.7. The molecule has 5 nitrogen and oxygen atoms in total. The SMILES string of the molecule is CCOc1ccccc1OCCCC(=O)N1CCNC[C@@H]1C. The van der Waals surface area contributed by atoms with Gasteiger partial charge in [0, 0.05) is 32.1 Å². The van der Waals surface area contributed by atoms with Crippen molar-refractivity contribution in [2.45, 2.75) is 32.7 Å². The molecule has 1 saturated heterocycles. The normalized spacial score (nSPS) is 18.1. The second-order valence-electron chi connectivity index (χ2n) is 5.47. The summed E-state index contributed by atoms with van der Waals surface area (Å²) in [6.45, 7) is 7.73. The van der Waals surface area contributed by atoms with Crippen LogP contribution in [-0.2, 0) is 4.79 Å². The highest BCUT2D eigenvalue weighted by Crippen LogP contribution is 2.26. The number of para-hydroxylation sites is 2. The fraction of sp³-hybridized carbons (Fsp3) is 0.588. The number of rotatable bonds is 7. The lowest BCUT2D eigenvalue weighted by atomic mass is 10.2. The summed E-state index contributed by atoms with van der Waals surface area (Å²) in [5.74, 6) is 1.72. The number of nitrogens with one attached hydrogen (secondary N) is 1. The molecule has 1 aromatic rings. The number of carbonyl (C=O) groups excluding carboxylic acids is 1. The van der Waals surface area contributed by atoms with Crippen LogP contribution < -0.4 is 14.8 Å². The van der Waals surface area contributed by atoms with E-state index in [9.17, 15) is 4.79 Å². The van der Waals surface area contributed by atoms with Gasteiger partial charge >= 0.3 is 0 Å². The maximum Gasteiger partial charge on any atom is 0.223 e. The Balaban J connectivity index is 1.74. The van der Waals surface area contributed by atoms with Gasteiger partial charge in [-0.2, -0.15) is 0 Å². The molecule has 1 atom stereocenters. The van der Waals surface area contributed by atoms with Gasteiger partial charge in [-0.3, -0.25) is 4.79 Å². The molecule has 1 heterocycles. The fourth-order valence-electron chi connectivity index (χ4n) is 2.60. The molecule has 122 valence electrons. The first-order valence-electron chi connectivity index (χ1n) is 8.07. The number of piperazine rings is 1. The predicted molar refractivity (Wildman–Crippen MR) is 86.4 cm³/mol. The molecule has 0 bridgehead atoms. The van der Waals surface area contributed by atoms with E-state index in [-0.39, 0.29) is 11.9 Å². The molecule has 0 aliphatic carbocycles. The number of amides is 1. The van der Waals surface area contributed by atoms with Crippen molar-refractivity contribution in [3.8, 4) is 11.5 Å². The van der Waals surface area contributed by atoms with E-state index >= 15 is 0 Å². The highest BCUT2D eigenvalue weighted by Gasteiger charge is 2.22. The number of hydrogen-bond acceptors (Lipinski definition) is 4. The minimum absolute atomic E-state index is 0.218. The third-order valence-corrected chi connectivity index (χ3v) is 3.76. The molecule has 0 spiro atoms. The molecule has 1 amide bonds. The van der Waals surface area contributed by atoms with Crippen LogP contribution >= 0.6 is 0 Å². The van der Waals surface area contributed by atoms with Gasteiger partial charge in [-0.05, 0) is 32.4 Å². The first kappa shape index (κ1) is 16.6. The lowest BCUT2D eigenvalue weighted by molar-refractivity contribution is -0.134. The Bertz CT molecular complexity index is 479. The summed E-state index contributed by atoms with van der Waals surface area (Å²) in [4.78, 5) is 14.2. The minimum atomic E-state index is 0.218. The monoisotopic (exact) mass is 306 g/mol. The van der Waals surface area contributed by atoms with Gasteiger partial charge in [0.25, 0.3) is 0 Å². The van der Waals surface area contributed by atoms with Gasteiger partial charge in [0.05, 0.1) is 13.2 Å². The molecular formula is C17H26N2O3. The molecule has 1 aromatic carbocycles. The molecule has 1 aliphatic rings. The van der Waals surface area contributed by atoms with Crippen molar-refractivity contribution >= 4 is 5.91 Å². The molecule has 0 aromatic heterocycles. The number of nitrogens with zero attached hydrogens (tertiary/aromatic N) is 1. The number of carbonyl (C=O) groups is 1. The van der Waals surface area contributed by atoms with Gasteiger partial charge in [-0.15, -0.1) is 0 Å². The van der Waals surface area contributed by atoms with Crippen molar-refractivity contribution in [2.24, 2.45) is 0 Å². The molecule has 1 fully saturated rings. The molecule has 0 saturated carbocycles. The standard InChI is InChI=1S/C17H26N2O3/c1-3-21-15-7-4-5-8-16(15)22-12-6-9-17(20)19-11-10-18-13-14(19)2/h4-5,7-8,14,18H,3,6,9-13H2,1-2H3/t14-/m0/s1. The van der Waals surface area contributed by atoms with Gasteiger partial charge in [-0.25, -0.2) is 0 Å². The highest BCUT2D eigenvalue weighted by molar-refractivity contribution is 5.76. The van der Waals surface area contributed by atoms with E-state index in [1.54, 1.807) is 0 Å². The van der Waals surface area contributed by atoms with E-state index in [4.69, 9.17) is 9.47 Å². The summed E-state index contributed by atoms with van der Waals surface area (Å²) in [7, 11) is 0. The molecular weight excluding hydrogens is 280 g/mol. The van der Waals surface area contributed by atoms with Gasteiger partial charge in [0.15, 0.2) is 11.5 Å². The van der Waals surface area contributed by atoms with Crippen molar-refractivity contribution in [2.75, 3.05) is 32.8 Å². The maximum atomic E-state index is 12.2. The molecule has 5 heteroatoms. The van der Waals surface area contributed by atoms with Crippen LogP contribution in [0.1, 0.15) is 26.7 Å². The summed E-state index contributed by atoms with van der Waals surface area (Å²) in [6, 6.07) is 7.91. The number of ether oxygens (including phenoxy) is 2. The van der Waals surface area contributed by atoms with E-state index in [2.05, 4.69) is 12.2 Å². The predicted octanol–water partition coefficient (Wildman–Crippen LogP) is 2.06. The Morgan fingerprint density at radius 1 is 1.32 bits per heavy atom. The summed E-state index contributed by atoms with van der Waals surface area (Å²) in [5, 5.41) is 3.29. The van der Waals surface area contributed by atoms with Crippen molar-refractivity contribution in [3.63, 3.8) is 0 Å². The van der Waals surface area contributed by atoms with Crippen molar-refractivity contribution in [3.05, 3.63) is 24.3 Å². The summed E-state index contributed by atoms with van der Waals surface area (Å²) in [6.07, 6.45) is 1.25. The van der Waals surface area contributed by atoms with Crippen LogP contribution in [0.2, 0.25) is 0 Å². The van der Waals surface area contributed by atoms with Crippen LogP contribution in [0.5, 0.6) is 11.5 Å². The largest absolute Gasteiger partial charge is 0.490 e. The molecule has 0 unspecified atom stereocenters. The summed E-state index contributed by atoms with van der Waals surface area (Å²) >= 11 is 0. The smallest absolute Gasteiger partial charge is 0.223 e. The van der Waals surface area contributed by atoms with Crippen LogP contribution in [0.4, 0.5) is 0 Å². The average Bonchev–Trinajstić information content (AvgIpc) is 2.53. The van der Waals surface area contributed by atoms with Crippen LogP contribution in [-0.4, -0.2) is 49.7 Å². The topological polar surface area (TPSA) is 50.8 Å². The zero-order valence-electron chi connectivity index (χ0n) is 13.5. The molecule has 22 heavy (non-hydrogen) atoms. The zero-order chi connectivity index (χ0) is 15.8. The molecule has 2 rings (SSSR count). The van der Waals surface area contributed by atoms with E-state index in [0.29, 0.717) is 19.6 Å². The Kier molecular flexibility index (Phi) is 6.52. The van der Waals surface area contributed by atoms with Crippen molar-refractivity contribution < 1.29 is 14.3 Å². The highest BCUT2D eigenvalue weighted by atomic mass is 16.5. The third-order valence-electron chi connectivity index (χ3n) is 3.76. The maximum absolute atomic E-state index is 12.2. The summed E-state index contributed by atoms with van der Waals surface area (Å²) < 4.78 is 11.3. The molecule has 0 radical (unpaired) electrons. The van der Waals surface area contributed by atoms with Crippen LogP contribution in [0.25, 0.3) is 0 Å². The van der Waals surface area contributed by atoms with E-state index in [0.717, 1.165) is 37.6 Å². The minimum Gasteiger partial charge on any atom is -0.490 e. The quantitative estimate of drug-likeness (QED) is 0.784. The van der Waals surface area contributed by atoms with Gasteiger partial charge in [0.2, 0.25) is 5.91 Å². The van der Waals surface area contributed by atoms with Gasteiger partial charge in [0.1, 0.15) is 0 Å². The third kappa shape index (κ3) is 4.63. The van der Waals surface area contributed by atoms with Crippen LogP contribution in [0, 0.1) is 0 Å². The van der Waals surface area contributed by atoms with Crippen LogP contribution in [0.15, 0.2) is 24.3 Å². The van der Waals surface area contributed by atoms with Crippen molar-refractivity contribution in [1.29, 1.82) is 0 Å². The number of benzene rings is 1. The first-order valence-corrected chi connectivity index (χ1v) is 8.07. The van der Waals surface area contributed by atoms with Gasteiger partial charge < -0.3 is 19.7 Å². The second-order valence-corrected chi connectivity index (χ2v) is 5.47. The molecule has 1 aliphatic heterocycles. The Morgan fingerprint density at radius 3 is 2.73 bits per heavy atom. The Hall–Kier alpha value is -1.75. The van der Waals surface area contributed by atoms with Crippen molar-refractivity contribution in [1.82, 2.24) is 10.2 Å². The zero-order valence-corrected chi connectivity index (χ0v) is 13.5. The second kappa shape index (κ2) is 8.63. The van der Waals surface area contributed by atoms with E-state index in [1.165, 1.54) is 0 Å². The van der Waals surface area contributed by atoms with Gasteiger partial charge in [-0.1, -0.05) is 12.1 Å². The Labute approximate surface area is 132 Å². The number of hydrogen-bond donors (Lipinski definition) is 1. The lowest BCUT2D eigenvalue weighted by Crippen LogP contribution is -2.52. The van der Waals surface area contributed by atoms with E-state index in [1.807, 2.05) is 36.1 Å². The summed E-state index contributed by atoms with van der Waals surface area (Å²) in [5.41, 5.74) is 0. The lowest BCUT2D eigenvalue weighted by Gasteiger charge is -2.34. The molecule has 1 N–H and O–H groups in total. The average molecular weight is 306 g/mol.